The average molecular weight is 305 g/mol. The summed E-state index contributed by atoms with van der Waals surface area (Å²) in [4.78, 5) is 14.7. The van der Waals surface area contributed by atoms with E-state index >= 15 is 0 Å². The first-order valence-corrected chi connectivity index (χ1v) is 7.66. The normalized spacial score (nSPS) is 17.8. The van der Waals surface area contributed by atoms with Crippen LogP contribution in [0.25, 0.3) is 11.3 Å². The number of nitro benzene ring substituents is 1. The summed E-state index contributed by atoms with van der Waals surface area (Å²) >= 11 is 1.53. The number of nitrogens with one attached hydrogen (secondary N) is 1. The monoisotopic (exact) mass is 305 g/mol. The van der Waals surface area contributed by atoms with Crippen LogP contribution >= 0.6 is 11.3 Å². The van der Waals surface area contributed by atoms with Crippen LogP contribution in [0.15, 0.2) is 29.6 Å². The summed E-state index contributed by atoms with van der Waals surface area (Å²) in [6.45, 7) is 1.62. The van der Waals surface area contributed by atoms with Crippen LogP contribution in [0.4, 0.5) is 10.8 Å². The van der Waals surface area contributed by atoms with Gasteiger partial charge in [-0.25, -0.2) is 4.98 Å². The van der Waals surface area contributed by atoms with E-state index in [0.717, 1.165) is 42.4 Å². The first kappa shape index (κ1) is 14.0. The molecular weight excluding hydrogens is 290 g/mol. The van der Waals surface area contributed by atoms with Crippen molar-refractivity contribution in [3.05, 3.63) is 39.8 Å². The number of benzene rings is 1. The van der Waals surface area contributed by atoms with Gasteiger partial charge in [0.15, 0.2) is 5.13 Å². The van der Waals surface area contributed by atoms with Crippen molar-refractivity contribution in [3.8, 4) is 11.3 Å². The van der Waals surface area contributed by atoms with Crippen LogP contribution in [0.5, 0.6) is 0 Å². The molecule has 1 saturated heterocycles. The number of anilines is 1. The van der Waals surface area contributed by atoms with Crippen LogP contribution in [-0.2, 0) is 4.74 Å². The van der Waals surface area contributed by atoms with Gasteiger partial charge in [0.05, 0.1) is 16.7 Å². The average Bonchev–Trinajstić information content (AvgIpc) is 3.17. The van der Waals surface area contributed by atoms with Crippen molar-refractivity contribution in [2.45, 2.75) is 18.9 Å². The lowest BCUT2D eigenvalue weighted by Gasteiger charge is -2.09. The lowest BCUT2D eigenvalue weighted by Crippen LogP contribution is -2.18. The molecular formula is C14H15N3O3S. The maximum absolute atomic E-state index is 10.6. The molecule has 1 N–H and O–H groups in total. The van der Waals surface area contributed by atoms with Crippen molar-refractivity contribution in [2.75, 3.05) is 18.5 Å². The van der Waals surface area contributed by atoms with E-state index in [2.05, 4.69) is 10.3 Å². The molecule has 2 aromatic rings. The van der Waals surface area contributed by atoms with Gasteiger partial charge in [-0.15, -0.1) is 11.3 Å². The number of nitrogens with zero attached hydrogens (tertiary/aromatic N) is 2. The second kappa shape index (κ2) is 6.19. The van der Waals surface area contributed by atoms with Gasteiger partial charge in [0, 0.05) is 36.2 Å². The number of nitro groups is 1. The maximum Gasteiger partial charge on any atom is 0.269 e. The van der Waals surface area contributed by atoms with Crippen LogP contribution in [0.2, 0.25) is 0 Å². The minimum atomic E-state index is -0.403. The van der Waals surface area contributed by atoms with E-state index in [1.807, 2.05) is 5.38 Å². The molecule has 0 amide bonds. The molecule has 1 fully saturated rings. The largest absolute Gasteiger partial charge is 0.376 e. The zero-order valence-corrected chi connectivity index (χ0v) is 12.1. The molecule has 2 heterocycles. The Kier molecular flexibility index (Phi) is 4.12. The molecule has 1 aliphatic rings. The second-order valence-electron chi connectivity index (χ2n) is 4.86. The summed E-state index contributed by atoms with van der Waals surface area (Å²) in [5, 5.41) is 16.7. The Morgan fingerprint density at radius 3 is 2.90 bits per heavy atom. The van der Waals surface area contributed by atoms with Gasteiger partial charge in [-0.2, -0.15) is 0 Å². The highest BCUT2D eigenvalue weighted by Gasteiger charge is 2.15. The molecule has 6 nitrogen and oxygen atoms in total. The van der Waals surface area contributed by atoms with Gasteiger partial charge in [-0.1, -0.05) is 0 Å². The summed E-state index contributed by atoms with van der Waals surface area (Å²) in [6.07, 6.45) is 2.49. The van der Waals surface area contributed by atoms with Gasteiger partial charge < -0.3 is 10.1 Å². The highest BCUT2D eigenvalue weighted by Crippen LogP contribution is 2.26. The number of non-ortho nitro benzene ring substituents is 1. The number of hydrogen-bond acceptors (Lipinski definition) is 6. The molecule has 7 heteroatoms. The lowest BCUT2D eigenvalue weighted by atomic mass is 10.1. The third-order valence-electron chi connectivity index (χ3n) is 3.38. The summed E-state index contributed by atoms with van der Waals surface area (Å²) in [5.74, 6) is 0. The van der Waals surface area contributed by atoms with Crippen molar-refractivity contribution < 1.29 is 9.66 Å². The van der Waals surface area contributed by atoms with E-state index in [0.29, 0.717) is 0 Å². The minimum absolute atomic E-state index is 0.0886. The smallest absolute Gasteiger partial charge is 0.269 e. The van der Waals surface area contributed by atoms with E-state index in [-0.39, 0.29) is 11.8 Å². The second-order valence-corrected chi connectivity index (χ2v) is 5.72. The molecule has 21 heavy (non-hydrogen) atoms. The molecule has 1 aliphatic heterocycles. The number of aromatic nitrogens is 1. The molecule has 1 atom stereocenters. The summed E-state index contributed by atoms with van der Waals surface area (Å²) in [6, 6.07) is 6.43. The van der Waals surface area contributed by atoms with Crippen molar-refractivity contribution >= 4 is 22.2 Å². The van der Waals surface area contributed by atoms with Gasteiger partial charge in [0.2, 0.25) is 0 Å². The highest BCUT2D eigenvalue weighted by molar-refractivity contribution is 7.14. The van der Waals surface area contributed by atoms with Crippen molar-refractivity contribution in [3.63, 3.8) is 0 Å². The molecule has 0 saturated carbocycles. The van der Waals surface area contributed by atoms with Gasteiger partial charge >= 0.3 is 0 Å². The summed E-state index contributed by atoms with van der Waals surface area (Å²) in [7, 11) is 0. The zero-order valence-electron chi connectivity index (χ0n) is 11.3. The SMILES string of the molecule is O=[N+]([O-])c1ccc(-c2csc(NCC3CCCO3)n2)cc1. The van der Waals surface area contributed by atoms with Gasteiger partial charge in [0.1, 0.15) is 0 Å². The number of rotatable bonds is 5. The van der Waals surface area contributed by atoms with Crippen LogP contribution in [0, 0.1) is 10.1 Å². The number of thiazole rings is 1. The standard InChI is InChI=1S/C14H15N3O3S/c18-17(19)11-5-3-10(4-6-11)13-9-21-14(16-13)15-8-12-2-1-7-20-12/h3-6,9,12H,1-2,7-8H2,(H,15,16). The lowest BCUT2D eigenvalue weighted by molar-refractivity contribution is -0.384. The maximum atomic E-state index is 10.6. The van der Waals surface area contributed by atoms with Crippen molar-refractivity contribution in [1.82, 2.24) is 4.98 Å². The third-order valence-corrected chi connectivity index (χ3v) is 4.18. The Hall–Kier alpha value is -1.99. The van der Waals surface area contributed by atoms with Crippen LogP contribution in [0.1, 0.15) is 12.8 Å². The van der Waals surface area contributed by atoms with Crippen LogP contribution in [-0.4, -0.2) is 29.2 Å². The van der Waals surface area contributed by atoms with E-state index in [1.165, 1.54) is 23.5 Å². The molecule has 0 bridgehead atoms. The van der Waals surface area contributed by atoms with Gasteiger partial charge in [0.25, 0.3) is 5.69 Å². The van der Waals surface area contributed by atoms with E-state index in [9.17, 15) is 10.1 Å². The third kappa shape index (κ3) is 3.37. The number of hydrogen-bond donors (Lipinski definition) is 1. The predicted octanol–water partition coefficient (Wildman–Crippen LogP) is 3.31. The molecule has 110 valence electrons. The Morgan fingerprint density at radius 1 is 1.43 bits per heavy atom. The fourth-order valence-corrected chi connectivity index (χ4v) is 2.98. The Labute approximate surface area is 125 Å². The zero-order chi connectivity index (χ0) is 14.7. The Balaban J connectivity index is 1.64. The minimum Gasteiger partial charge on any atom is -0.376 e. The topological polar surface area (TPSA) is 77.3 Å². The highest BCUT2D eigenvalue weighted by atomic mass is 32.1. The molecule has 0 radical (unpaired) electrons. The van der Waals surface area contributed by atoms with Crippen molar-refractivity contribution in [2.24, 2.45) is 0 Å². The molecule has 0 spiro atoms. The fraction of sp³-hybridized carbons (Fsp3) is 0.357. The van der Waals surface area contributed by atoms with Crippen molar-refractivity contribution in [1.29, 1.82) is 0 Å². The first-order valence-electron chi connectivity index (χ1n) is 6.78. The van der Waals surface area contributed by atoms with Crippen LogP contribution < -0.4 is 5.32 Å². The van der Waals surface area contributed by atoms with Crippen LogP contribution in [0.3, 0.4) is 0 Å². The summed E-state index contributed by atoms with van der Waals surface area (Å²) < 4.78 is 5.55. The fourth-order valence-electron chi connectivity index (χ4n) is 2.25. The quantitative estimate of drug-likeness (QED) is 0.677. The molecule has 1 aromatic carbocycles. The molecule has 0 aliphatic carbocycles. The predicted molar refractivity (Wildman–Crippen MR) is 81.7 cm³/mol. The van der Waals surface area contributed by atoms with E-state index in [1.54, 1.807) is 12.1 Å². The summed E-state index contributed by atoms with van der Waals surface area (Å²) in [5.41, 5.74) is 1.79. The molecule has 1 aromatic heterocycles. The van der Waals surface area contributed by atoms with Gasteiger partial charge in [-0.05, 0) is 25.0 Å². The van der Waals surface area contributed by atoms with Gasteiger partial charge in [-0.3, -0.25) is 10.1 Å². The Bertz CT molecular complexity index is 621. The molecule has 1 unspecified atom stereocenters. The van der Waals surface area contributed by atoms with E-state index < -0.39 is 4.92 Å². The first-order chi connectivity index (χ1) is 10.2. The Morgan fingerprint density at radius 2 is 2.24 bits per heavy atom. The number of ether oxygens (including phenoxy) is 1. The molecule has 3 rings (SSSR count). The van der Waals surface area contributed by atoms with E-state index in [4.69, 9.17) is 4.74 Å².